The fourth-order valence-corrected chi connectivity index (χ4v) is 4.74. The summed E-state index contributed by atoms with van der Waals surface area (Å²) in [6.45, 7) is 8.43. The van der Waals surface area contributed by atoms with E-state index >= 15 is 0 Å². The summed E-state index contributed by atoms with van der Waals surface area (Å²) in [5.74, 6) is 0. The standard InChI is InChI=1S/C18H23OP/c1-13-7-5-8-14(2)17(13)11-20(19)12-18-15(3)9-6-10-16(18)4/h5-10,20H,11-12H2,1-4H3. The Morgan fingerprint density at radius 1 is 0.700 bits per heavy atom. The molecule has 2 rings (SSSR count). The van der Waals surface area contributed by atoms with Gasteiger partial charge < -0.3 is 4.57 Å². The highest BCUT2D eigenvalue weighted by molar-refractivity contribution is 7.42. The van der Waals surface area contributed by atoms with Crippen LogP contribution in [0.3, 0.4) is 0 Å². The van der Waals surface area contributed by atoms with Gasteiger partial charge in [0, 0.05) is 12.3 Å². The molecule has 0 amide bonds. The summed E-state index contributed by atoms with van der Waals surface area (Å²) in [6.07, 6.45) is 1.44. The second-order valence-corrected chi connectivity index (χ2v) is 7.42. The van der Waals surface area contributed by atoms with E-state index in [1.165, 1.54) is 33.4 Å². The molecule has 2 heteroatoms. The van der Waals surface area contributed by atoms with E-state index in [1.807, 2.05) is 0 Å². The summed E-state index contributed by atoms with van der Waals surface area (Å²) in [7, 11) is -1.63. The molecule has 0 spiro atoms. The van der Waals surface area contributed by atoms with Gasteiger partial charge in [-0.15, -0.1) is 0 Å². The highest BCUT2D eigenvalue weighted by Crippen LogP contribution is 2.35. The molecule has 0 aliphatic carbocycles. The average molecular weight is 286 g/mol. The lowest BCUT2D eigenvalue weighted by molar-refractivity contribution is 0.586. The zero-order chi connectivity index (χ0) is 14.7. The third-order valence-corrected chi connectivity index (χ3v) is 5.53. The topological polar surface area (TPSA) is 17.1 Å². The third-order valence-electron chi connectivity index (χ3n) is 4.04. The molecule has 0 saturated heterocycles. The van der Waals surface area contributed by atoms with Crippen molar-refractivity contribution in [2.45, 2.75) is 40.0 Å². The largest absolute Gasteiger partial charge is 0.326 e. The quantitative estimate of drug-likeness (QED) is 0.708. The minimum atomic E-state index is -1.63. The molecule has 2 aromatic rings. The van der Waals surface area contributed by atoms with Crippen molar-refractivity contribution in [3.8, 4) is 0 Å². The molecule has 0 aromatic heterocycles. The summed E-state index contributed by atoms with van der Waals surface area (Å²) >= 11 is 0. The van der Waals surface area contributed by atoms with Crippen LogP contribution in [0.1, 0.15) is 33.4 Å². The molecule has 0 unspecified atom stereocenters. The Bertz CT molecular complexity index is 548. The molecule has 0 heterocycles. The Hall–Kier alpha value is -1.33. The predicted octanol–water partition coefficient (Wildman–Crippen LogP) is 5.18. The van der Waals surface area contributed by atoms with Gasteiger partial charge in [0.15, 0.2) is 0 Å². The Morgan fingerprint density at radius 3 is 1.30 bits per heavy atom. The molecule has 0 N–H and O–H groups in total. The van der Waals surface area contributed by atoms with Gasteiger partial charge in [-0.2, -0.15) is 0 Å². The maximum Gasteiger partial charge on any atom is 0.0846 e. The monoisotopic (exact) mass is 286 g/mol. The summed E-state index contributed by atoms with van der Waals surface area (Å²) in [6, 6.07) is 12.6. The van der Waals surface area contributed by atoms with Crippen LogP contribution in [0.25, 0.3) is 0 Å². The molecule has 1 nitrogen and oxygen atoms in total. The minimum absolute atomic E-state index is 0.719. The van der Waals surface area contributed by atoms with Crippen molar-refractivity contribution in [3.05, 3.63) is 69.8 Å². The van der Waals surface area contributed by atoms with Crippen LogP contribution in [0.5, 0.6) is 0 Å². The number of hydrogen-bond donors (Lipinski definition) is 0. The van der Waals surface area contributed by atoms with Crippen molar-refractivity contribution >= 4 is 7.80 Å². The van der Waals surface area contributed by atoms with Crippen LogP contribution in [0.4, 0.5) is 0 Å². The summed E-state index contributed by atoms with van der Waals surface area (Å²) < 4.78 is 12.6. The smallest absolute Gasteiger partial charge is 0.0846 e. The molecule has 2 aromatic carbocycles. The fourth-order valence-electron chi connectivity index (χ4n) is 2.71. The van der Waals surface area contributed by atoms with Crippen LogP contribution in [0.2, 0.25) is 0 Å². The molecule has 106 valence electrons. The normalized spacial score (nSPS) is 11.1. The molecule has 0 aliphatic heterocycles. The lowest BCUT2D eigenvalue weighted by atomic mass is 10.0. The maximum absolute atomic E-state index is 12.6. The molecular formula is C18H23OP. The number of hydrogen-bond acceptors (Lipinski definition) is 1. The summed E-state index contributed by atoms with van der Waals surface area (Å²) in [4.78, 5) is 0. The van der Waals surface area contributed by atoms with E-state index in [9.17, 15) is 4.57 Å². The van der Waals surface area contributed by atoms with Crippen LogP contribution in [-0.2, 0) is 16.9 Å². The van der Waals surface area contributed by atoms with Crippen molar-refractivity contribution in [3.63, 3.8) is 0 Å². The molecule has 20 heavy (non-hydrogen) atoms. The first-order valence-corrected chi connectivity index (χ1v) is 8.93. The van der Waals surface area contributed by atoms with Gasteiger partial charge in [-0.05, 0) is 61.1 Å². The van der Waals surface area contributed by atoms with Crippen LogP contribution in [0, 0.1) is 27.7 Å². The number of benzene rings is 2. The lowest BCUT2D eigenvalue weighted by Crippen LogP contribution is -1.94. The SMILES string of the molecule is Cc1cccc(C)c1C[PH](=O)Cc1c(C)cccc1C. The lowest BCUT2D eigenvalue weighted by Gasteiger charge is -2.12. The Balaban J connectivity index is 2.18. The van der Waals surface area contributed by atoms with E-state index in [2.05, 4.69) is 64.1 Å². The Labute approximate surface area is 122 Å². The summed E-state index contributed by atoms with van der Waals surface area (Å²) in [5.41, 5.74) is 7.55. The van der Waals surface area contributed by atoms with Gasteiger partial charge in [0.25, 0.3) is 0 Å². The van der Waals surface area contributed by atoms with Gasteiger partial charge in [-0.1, -0.05) is 36.4 Å². The molecule has 0 fully saturated rings. The molecule has 0 atom stereocenters. The zero-order valence-electron chi connectivity index (χ0n) is 12.8. The molecule has 0 saturated carbocycles. The van der Waals surface area contributed by atoms with Crippen LogP contribution >= 0.6 is 7.80 Å². The Morgan fingerprint density at radius 2 is 1.00 bits per heavy atom. The number of rotatable bonds is 4. The van der Waals surface area contributed by atoms with Crippen molar-refractivity contribution in [1.82, 2.24) is 0 Å². The predicted molar refractivity (Wildman–Crippen MR) is 88.2 cm³/mol. The highest BCUT2D eigenvalue weighted by Gasteiger charge is 2.10. The average Bonchev–Trinajstić information content (AvgIpc) is 2.39. The van der Waals surface area contributed by atoms with Gasteiger partial charge >= 0.3 is 0 Å². The van der Waals surface area contributed by atoms with Gasteiger partial charge in [0.1, 0.15) is 0 Å². The van der Waals surface area contributed by atoms with Gasteiger partial charge in [0.2, 0.25) is 0 Å². The van der Waals surface area contributed by atoms with Crippen molar-refractivity contribution < 1.29 is 4.57 Å². The van der Waals surface area contributed by atoms with E-state index in [0.29, 0.717) is 0 Å². The van der Waals surface area contributed by atoms with E-state index in [-0.39, 0.29) is 0 Å². The van der Waals surface area contributed by atoms with Gasteiger partial charge in [-0.3, -0.25) is 0 Å². The zero-order valence-corrected chi connectivity index (χ0v) is 13.8. The van der Waals surface area contributed by atoms with Crippen molar-refractivity contribution in [2.24, 2.45) is 0 Å². The van der Waals surface area contributed by atoms with Crippen LogP contribution in [-0.4, -0.2) is 0 Å². The van der Waals surface area contributed by atoms with E-state index in [0.717, 1.165) is 12.3 Å². The van der Waals surface area contributed by atoms with E-state index < -0.39 is 7.80 Å². The maximum atomic E-state index is 12.6. The third kappa shape index (κ3) is 3.41. The fraction of sp³-hybridized carbons (Fsp3) is 0.333. The van der Waals surface area contributed by atoms with Crippen LogP contribution < -0.4 is 0 Å². The molecule has 0 bridgehead atoms. The summed E-state index contributed by atoms with van der Waals surface area (Å²) in [5, 5.41) is 0. The second kappa shape index (κ2) is 6.41. The first-order chi connectivity index (χ1) is 9.49. The minimum Gasteiger partial charge on any atom is -0.326 e. The van der Waals surface area contributed by atoms with E-state index in [1.54, 1.807) is 0 Å². The first-order valence-electron chi connectivity index (χ1n) is 7.11. The highest BCUT2D eigenvalue weighted by atomic mass is 31.1. The van der Waals surface area contributed by atoms with Gasteiger partial charge in [0.05, 0.1) is 7.80 Å². The molecule has 0 aliphatic rings. The molecule has 0 radical (unpaired) electrons. The van der Waals surface area contributed by atoms with Crippen LogP contribution in [0.15, 0.2) is 36.4 Å². The van der Waals surface area contributed by atoms with E-state index in [4.69, 9.17) is 0 Å². The first kappa shape index (κ1) is 15.1. The second-order valence-electron chi connectivity index (χ2n) is 5.63. The van der Waals surface area contributed by atoms with Crippen molar-refractivity contribution in [2.75, 3.05) is 0 Å². The van der Waals surface area contributed by atoms with Crippen molar-refractivity contribution in [1.29, 1.82) is 0 Å². The Kier molecular flexibility index (Phi) is 4.83. The van der Waals surface area contributed by atoms with Gasteiger partial charge in [-0.25, -0.2) is 0 Å². The molecular weight excluding hydrogens is 263 g/mol. The number of aryl methyl sites for hydroxylation is 4.